The summed E-state index contributed by atoms with van der Waals surface area (Å²) in [6, 6.07) is 6.23. The smallest absolute Gasteiger partial charge is 0.387 e. The molecule has 2 aliphatic rings. The van der Waals surface area contributed by atoms with Crippen LogP contribution in [0.3, 0.4) is 0 Å². The van der Waals surface area contributed by atoms with Gasteiger partial charge in [-0.15, -0.1) is 11.8 Å². The van der Waals surface area contributed by atoms with Gasteiger partial charge in [0.1, 0.15) is 24.0 Å². The van der Waals surface area contributed by atoms with Crippen molar-refractivity contribution in [2.45, 2.75) is 43.9 Å². The van der Waals surface area contributed by atoms with Crippen molar-refractivity contribution < 1.29 is 18.3 Å². The molecule has 0 spiro atoms. The minimum atomic E-state index is -2.94. The van der Waals surface area contributed by atoms with Crippen LogP contribution in [0.15, 0.2) is 58.5 Å². The molecular weight excluding hydrogens is 476 g/mol. The molecule has 182 valence electrons. The molecule has 11 heteroatoms. The Morgan fingerprint density at radius 3 is 2.79 bits per heavy atom. The highest BCUT2D eigenvalue weighted by Gasteiger charge is 2.30. The number of rotatable bonds is 10. The first-order valence-corrected chi connectivity index (χ1v) is 15.9. The summed E-state index contributed by atoms with van der Waals surface area (Å²) in [5, 5.41) is 8.50. The largest absolute Gasteiger partial charge is 0.434 e. The van der Waals surface area contributed by atoms with Crippen molar-refractivity contribution in [2.24, 2.45) is 4.99 Å². The number of thioether (sulfide) groups is 1. The lowest BCUT2D eigenvalue weighted by Gasteiger charge is -2.30. The zero-order chi connectivity index (χ0) is 24.3. The lowest BCUT2D eigenvalue weighted by Crippen LogP contribution is -2.34. The van der Waals surface area contributed by atoms with E-state index in [1.807, 2.05) is 40.7 Å². The van der Waals surface area contributed by atoms with Crippen molar-refractivity contribution in [1.29, 1.82) is 0 Å². The van der Waals surface area contributed by atoms with Crippen LogP contribution >= 0.6 is 11.8 Å². The normalized spacial score (nSPS) is 15.3. The maximum absolute atomic E-state index is 13.3. The van der Waals surface area contributed by atoms with Gasteiger partial charge in [0.15, 0.2) is 0 Å². The number of hydrazine groups is 1. The first kappa shape index (κ1) is 24.5. The Morgan fingerprint density at radius 2 is 2.06 bits per heavy atom. The van der Waals surface area contributed by atoms with E-state index in [-0.39, 0.29) is 12.5 Å². The van der Waals surface area contributed by atoms with Gasteiger partial charge in [0, 0.05) is 37.6 Å². The standard InChI is InChI=1S/C23H29F2N5O2SSi/c1-33-17-6-7-20(32-23(24)25)18(14-17)22-19(29-11-8-21-26-9-5-10-30(21)29)15-27-28(22)16-31-12-13-34(2,3)4/h5-10,14-15,23H,11-13,16H2,1-4H3. The molecule has 0 radical (unpaired) electrons. The van der Waals surface area contributed by atoms with Gasteiger partial charge < -0.3 is 9.47 Å². The number of aliphatic imine (C=N–C) groups is 1. The van der Waals surface area contributed by atoms with E-state index in [4.69, 9.17) is 9.47 Å². The van der Waals surface area contributed by atoms with Crippen molar-refractivity contribution >= 4 is 31.7 Å². The first-order valence-electron chi connectivity index (χ1n) is 11.0. The summed E-state index contributed by atoms with van der Waals surface area (Å²) in [4.78, 5) is 5.33. The van der Waals surface area contributed by atoms with Crippen LogP contribution in [-0.4, -0.2) is 55.1 Å². The van der Waals surface area contributed by atoms with Crippen LogP contribution in [0.5, 0.6) is 5.75 Å². The molecule has 0 bridgehead atoms. The van der Waals surface area contributed by atoms with Crippen LogP contribution in [0, 0.1) is 0 Å². The van der Waals surface area contributed by atoms with E-state index in [0.29, 0.717) is 24.4 Å². The van der Waals surface area contributed by atoms with Crippen LogP contribution in [0.2, 0.25) is 25.7 Å². The summed E-state index contributed by atoms with van der Waals surface area (Å²) in [5.41, 5.74) is 1.93. The summed E-state index contributed by atoms with van der Waals surface area (Å²) in [6.07, 6.45) is 11.2. The fraction of sp³-hybridized carbons (Fsp3) is 0.391. The molecule has 0 amide bonds. The summed E-state index contributed by atoms with van der Waals surface area (Å²) in [5.74, 6) is 0.895. The SMILES string of the molecule is CSc1ccc(OC(F)F)c(-c2c(N3CC=C4N=CC=CN43)cnn2COCC[Si](C)(C)C)c1. The molecule has 2 aromatic rings. The van der Waals surface area contributed by atoms with Crippen molar-refractivity contribution in [1.82, 2.24) is 14.8 Å². The van der Waals surface area contributed by atoms with Gasteiger partial charge in [-0.2, -0.15) is 13.9 Å². The molecule has 3 heterocycles. The molecule has 7 nitrogen and oxygen atoms in total. The van der Waals surface area contributed by atoms with Crippen molar-refractivity contribution in [2.75, 3.05) is 24.4 Å². The fourth-order valence-electron chi connectivity index (χ4n) is 3.68. The third kappa shape index (κ3) is 5.53. The summed E-state index contributed by atoms with van der Waals surface area (Å²) >= 11 is 1.53. The Bertz CT molecular complexity index is 1110. The Labute approximate surface area is 203 Å². The van der Waals surface area contributed by atoms with E-state index in [2.05, 4.69) is 29.7 Å². The summed E-state index contributed by atoms with van der Waals surface area (Å²) in [6.45, 7) is 5.34. The van der Waals surface area contributed by atoms with E-state index in [1.165, 1.54) is 11.8 Å². The number of fused-ring (bicyclic) bond motifs is 1. The third-order valence-corrected chi connectivity index (χ3v) is 7.86. The molecule has 0 saturated heterocycles. The van der Waals surface area contributed by atoms with E-state index in [9.17, 15) is 8.78 Å². The van der Waals surface area contributed by atoms with Gasteiger partial charge in [0.2, 0.25) is 0 Å². The molecule has 0 unspecified atom stereocenters. The number of allylic oxidation sites excluding steroid dienone is 1. The zero-order valence-electron chi connectivity index (χ0n) is 19.7. The minimum absolute atomic E-state index is 0.0949. The molecule has 1 aromatic carbocycles. The molecular formula is C23H29F2N5O2SSi. The fourth-order valence-corrected chi connectivity index (χ4v) is 4.88. The second kappa shape index (κ2) is 10.3. The van der Waals surface area contributed by atoms with Gasteiger partial charge >= 0.3 is 6.61 Å². The van der Waals surface area contributed by atoms with Crippen LogP contribution in [0.1, 0.15) is 0 Å². The Morgan fingerprint density at radius 1 is 1.24 bits per heavy atom. The topological polar surface area (TPSA) is 55.1 Å². The lowest BCUT2D eigenvalue weighted by atomic mass is 10.1. The molecule has 2 aliphatic heterocycles. The first-order chi connectivity index (χ1) is 16.3. The maximum atomic E-state index is 13.3. The number of benzene rings is 1. The number of halogens is 2. The Kier molecular flexibility index (Phi) is 7.44. The molecule has 0 aliphatic carbocycles. The van der Waals surface area contributed by atoms with Gasteiger partial charge in [-0.05, 0) is 42.7 Å². The third-order valence-electron chi connectivity index (χ3n) is 5.43. The Balaban J connectivity index is 1.74. The zero-order valence-corrected chi connectivity index (χ0v) is 21.6. The number of hydrogen-bond acceptors (Lipinski definition) is 7. The molecule has 0 N–H and O–H groups in total. The van der Waals surface area contributed by atoms with Crippen LogP contribution < -0.4 is 9.75 Å². The van der Waals surface area contributed by atoms with Gasteiger partial charge in [-0.1, -0.05) is 19.6 Å². The van der Waals surface area contributed by atoms with Crippen molar-refractivity contribution in [3.05, 3.63) is 48.6 Å². The number of ether oxygens (including phenoxy) is 2. The van der Waals surface area contributed by atoms with Gasteiger partial charge in [-0.3, -0.25) is 5.01 Å². The van der Waals surface area contributed by atoms with Gasteiger partial charge in [0.25, 0.3) is 0 Å². The van der Waals surface area contributed by atoms with E-state index < -0.39 is 14.7 Å². The van der Waals surface area contributed by atoms with Crippen molar-refractivity contribution in [3.8, 4) is 17.0 Å². The number of anilines is 1. The monoisotopic (exact) mass is 505 g/mol. The number of nitrogens with zero attached hydrogens (tertiary/aromatic N) is 5. The quantitative estimate of drug-likeness (QED) is 0.236. The summed E-state index contributed by atoms with van der Waals surface area (Å²) in [7, 11) is -1.25. The van der Waals surface area contributed by atoms with Crippen LogP contribution in [-0.2, 0) is 11.5 Å². The van der Waals surface area contributed by atoms with Crippen molar-refractivity contribution in [3.63, 3.8) is 0 Å². The molecule has 1 aromatic heterocycles. The number of alkyl halides is 2. The second-order valence-electron chi connectivity index (χ2n) is 9.08. The predicted molar refractivity (Wildman–Crippen MR) is 135 cm³/mol. The molecule has 0 saturated carbocycles. The van der Waals surface area contributed by atoms with Crippen LogP contribution in [0.25, 0.3) is 11.3 Å². The van der Waals surface area contributed by atoms with E-state index >= 15 is 0 Å². The molecule has 0 atom stereocenters. The van der Waals surface area contributed by atoms with Gasteiger partial charge in [-0.25, -0.2) is 14.7 Å². The van der Waals surface area contributed by atoms with Gasteiger partial charge in [0.05, 0.1) is 18.4 Å². The number of hydrogen-bond donors (Lipinski definition) is 0. The van der Waals surface area contributed by atoms with E-state index in [0.717, 1.165) is 22.4 Å². The van der Waals surface area contributed by atoms with Crippen LogP contribution in [0.4, 0.5) is 14.5 Å². The number of aromatic nitrogens is 2. The molecule has 34 heavy (non-hydrogen) atoms. The highest BCUT2D eigenvalue weighted by atomic mass is 32.2. The second-order valence-corrected chi connectivity index (χ2v) is 15.6. The summed E-state index contributed by atoms with van der Waals surface area (Å²) < 4.78 is 39.2. The maximum Gasteiger partial charge on any atom is 0.387 e. The lowest BCUT2D eigenvalue weighted by molar-refractivity contribution is -0.0495. The van der Waals surface area contributed by atoms with E-state index in [1.54, 1.807) is 29.2 Å². The average molecular weight is 506 g/mol. The predicted octanol–water partition coefficient (Wildman–Crippen LogP) is 5.66. The molecule has 4 rings (SSSR count). The highest BCUT2D eigenvalue weighted by molar-refractivity contribution is 7.98. The minimum Gasteiger partial charge on any atom is -0.434 e. The average Bonchev–Trinajstić information content (AvgIpc) is 3.40. The highest BCUT2D eigenvalue weighted by Crippen LogP contribution is 2.41. The molecule has 0 fully saturated rings. The Hall–Kier alpha value is -2.63.